The Balaban J connectivity index is 1.34. The zero-order chi connectivity index (χ0) is 24.3. The van der Waals surface area contributed by atoms with Crippen LogP contribution in [0.1, 0.15) is 51.5 Å². The number of ether oxygens (including phenoxy) is 1. The Labute approximate surface area is 206 Å². The first kappa shape index (κ1) is 22.0. The molecule has 6 nitrogen and oxygen atoms in total. The molecule has 1 unspecified atom stereocenters. The van der Waals surface area contributed by atoms with Crippen molar-refractivity contribution in [3.05, 3.63) is 59.0 Å². The molecule has 1 saturated carbocycles. The van der Waals surface area contributed by atoms with Gasteiger partial charge in [0, 0.05) is 17.4 Å². The Morgan fingerprint density at radius 2 is 2.00 bits per heavy atom. The molecule has 3 aliphatic carbocycles. The Bertz CT molecular complexity index is 1340. The first-order valence-electron chi connectivity index (χ1n) is 12.9. The van der Waals surface area contributed by atoms with Crippen LogP contribution in [0.2, 0.25) is 0 Å². The zero-order valence-corrected chi connectivity index (χ0v) is 20.9. The van der Waals surface area contributed by atoms with E-state index in [-0.39, 0.29) is 17.1 Å². The molecule has 1 saturated heterocycles. The monoisotopic (exact) mass is 474 g/mol. The number of allylic oxidation sites excluding steroid dienone is 3. The van der Waals surface area contributed by atoms with E-state index in [1.165, 1.54) is 28.7 Å². The molecule has 2 aliphatic heterocycles. The van der Waals surface area contributed by atoms with Gasteiger partial charge in [-0.3, -0.25) is 0 Å². The summed E-state index contributed by atoms with van der Waals surface area (Å²) >= 11 is 0. The number of aromatic nitrogens is 1. The highest BCUT2D eigenvalue weighted by molar-refractivity contribution is 5.82. The first-order chi connectivity index (χ1) is 16.7. The molecule has 2 spiro atoms. The maximum atomic E-state index is 11.2. The fourth-order valence-corrected chi connectivity index (χ4v) is 8.47. The Kier molecular flexibility index (Phi) is 4.36. The lowest BCUT2D eigenvalue weighted by Crippen LogP contribution is -2.62. The number of fused-ring (bicyclic) bond motifs is 2. The third-order valence-electron chi connectivity index (χ3n) is 10.0. The van der Waals surface area contributed by atoms with Gasteiger partial charge in [-0.1, -0.05) is 30.7 Å². The lowest BCUT2D eigenvalue weighted by molar-refractivity contribution is -0.162. The quantitative estimate of drug-likeness (QED) is 0.678. The summed E-state index contributed by atoms with van der Waals surface area (Å²) < 4.78 is 12.9. The summed E-state index contributed by atoms with van der Waals surface area (Å²) in [5.74, 6) is 0.327. The topological polar surface area (TPSA) is 79.0 Å². The third kappa shape index (κ3) is 2.66. The van der Waals surface area contributed by atoms with Crippen LogP contribution >= 0.6 is 0 Å². The number of aliphatic hydroxyl groups excluding tert-OH is 2. The highest BCUT2D eigenvalue weighted by Crippen LogP contribution is 2.69. The first-order valence-corrected chi connectivity index (χ1v) is 12.9. The standard InChI is InChI=1S/C29H34N2O4/c1-16-13-27(2)18(17-5-7-21-23(11-17)34-15-30-21)6-8-24(27)29-10-9-28(35-29)14-22(31(3)4)26(33)25(32)20(28)12-19(16)29/h5-7,11-12,15,22,24-26,32-33H,8-10,13-14H2,1-4H3/t22-,24?,25+,26+,27+,28+,29+/m0/s1. The molecule has 3 heterocycles. The SMILES string of the molecule is CC1=C2C=C3[C@@H](O)[C@H](O)[C@@H](N(C)C)C[C@]34CC[C@]2(O4)C2CC=C(c3ccc4ncoc4c3)[C@@]2(C)C1. The lowest BCUT2D eigenvalue weighted by Gasteiger charge is -2.56. The van der Waals surface area contributed by atoms with E-state index in [0.717, 1.165) is 42.4 Å². The van der Waals surface area contributed by atoms with Gasteiger partial charge in [-0.2, -0.15) is 0 Å². The van der Waals surface area contributed by atoms with E-state index in [1.807, 2.05) is 25.1 Å². The van der Waals surface area contributed by atoms with Gasteiger partial charge in [-0.25, -0.2) is 4.98 Å². The fourth-order valence-electron chi connectivity index (χ4n) is 8.47. The molecule has 7 rings (SSSR count). The molecule has 2 bridgehead atoms. The predicted molar refractivity (Wildman–Crippen MR) is 133 cm³/mol. The average Bonchev–Trinajstić information content (AvgIpc) is 3.50. The van der Waals surface area contributed by atoms with E-state index < -0.39 is 17.8 Å². The van der Waals surface area contributed by atoms with Crippen LogP contribution in [0.25, 0.3) is 16.7 Å². The van der Waals surface area contributed by atoms with Gasteiger partial charge >= 0.3 is 0 Å². The van der Waals surface area contributed by atoms with Gasteiger partial charge in [0.25, 0.3) is 0 Å². The molecular formula is C29H34N2O4. The van der Waals surface area contributed by atoms with Crippen LogP contribution in [-0.4, -0.2) is 63.6 Å². The minimum absolute atomic E-state index is 0.0497. The smallest absolute Gasteiger partial charge is 0.181 e. The predicted octanol–water partition coefficient (Wildman–Crippen LogP) is 4.24. The lowest BCUT2D eigenvalue weighted by atomic mass is 9.56. The molecule has 2 aromatic rings. The second-order valence-corrected chi connectivity index (χ2v) is 12.0. The maximum Gasteiger partial charge on any atom is 0.181 e. The van der Waals surface area contributed by atoms with Gasteiger partial charge in [0.2, 0.25) is 0 Å². The molecule has 1 aromatic heterocycles. The number of hydrogen-bond acceptors (Lipinski definition) is 6. The third-order valence-corrected chi connectivity index (χ3v) is 10.0. The second-order valence-electron chi connectivity index (χ2n) is 12.0. The van der Waals surface area contributed by atoms with Crippen LogP contribution in [0.4, 0.5) is 0 Å². The van der Waals surface area contributed by atoms with Crippen LogP contribution in [-0.2, 0) is 4.74 Å². The van der Waals surface area contributed by atoms with Crippen molar-refractivity contribution in [1.82, 2.24) is 9.88 Å². The number of oxazole rings is 1. The molecule has 2 N–H and O–H groups in total. The van der Waals surface area contributed by atoms with Crippen LogP contribution in [0.3, 0.4) is 0 Å². The van der Waals surface area contributed by atoms with E-state index in [2.05, 4.69) is 43.1 Å². The molecule has 6 heteroatoms. The van der Waals surface area contributed by atoms with Gasteiger partial charge in [0.15, 0.2) is 12.0 Å². The van der Waals surface area contributed by atoms with Crippen LogP contribution < -0.4 is 0 Å². The maximum absolute atomic E-state index is 11.2. The van der Waals surface area contributed by atoms with Crippen molar-refractivity contribution in [2.45, 2.75) is 75.4 Å². The number of rotatable bonds is 2. The van der Waals surface area contributed by atoms with E-state index >= 15 is 0 Å². The summed E-state index contributed by atoms with van der Waals surface area (Å²) in [6.45, 7) is 4.64. The van der Waals surface area contributed by atoms with Crippen molar-refractivity contribution in [3.8, 4) is 0 Å². The summed E-state index contributed by atoms with van der Waals surface area (Å²) in [7, 11) is 3.95. The van der Waals surface area contributed by atoms with Crippen LogP contribution in [0, 0.1) is 11.3 Å². The Morgan fingerprint density at radius 3 is 2.80 bits per heavy atom. The highest BCUT2D eigenvalue weighted by atomic mass is 16.5. The van der Waals surface area contributed by atoms with Gasteiger partial charge in [0.05, 0.1) is 17.3 Å². The minimum atomic E-state index is -0.897. The minimum Gasteiger partial charge on any atom is -0.443 e. The average molecular weight is 475 g/mol. The molecule has 5 aliphatic rings. The molecule has 184 valence electrons. The summed E-state index contributed by atoms with van der Waals surface area (Å²) in [4.78, 5) is 6.32. The van der Waals surface area contributed by atoms with E-state index in [4.69, 9.17) is 9.15 Å². The number of likely N-dealkylation sites (N-methyl/N-ethyl adjacent to an activating group) is 1. The fraction of sp³-hybridized carbons (Fsp3) is 0.552. The highest BCUT2D eigenvalue weighted by Gasteiger charge is 2.68. The molecular weight excluding hydrogens is 440 g/mol. The normalized spacial score (nSPS) is 42.1. The van der Waals surface area contributed by atoms with Crippen molar-refractivity contribution in [2.75, 3.05) is 14.1 Å². The Morgan fingerprint density at radius 1 is 1.17 bits per heavy atom. The molecule has 35 heavy (non-hydrogen) atoms. The summed E-state index contributed by atoms with van der Waals surface area (Å²) in [5, 5.41) is 22.1. The van der Waals surface area contributed by atoms with Gasteiger partial charge in [0.1, 0.15) is 11.6 Å². The van der Waals surface area contributed by atoms with Gasteiger partial charge < -0.3 is 24.3 Å². The summed E-state index contributed by atoms with van der Waals surface area (Å²) in [5.41, 5.74) is 6.84. The summed E-state index contributed by atoms with van der Waals surface area (Å²) in [6.07, 6.45) is 8.92. The number of benzene rings is 1. The van der Waals surface area contributed by atoms with E-state index in [9.17, 15) is 10.2 Å². The number of nitrogens with zero attached hydrogens (tertiary/aromatic N) is 2. The van der Waals surface area contributed by atoms with Crippen molar-refractivity contribution in [1.29, 1.82) is 0 Å². The molecule has 1 aromatic carbocycles. The van der Waals surface area contributed by atoms with Crippen LogP contribution in [0.15, 0.2) is 57.9 Å². The van der Waals surface area contributed by atoms with Crippen molar-refractivity contribution >= 4 is 16.7 Å². The van der Waals surface area contributed by atoms with E-state index in [0.29, 0.717) is 12.3 Å². The van der Waals surface area contributed by atoms with Crippen molar-refractivity contribution in [2.24, 2.45) is 11.3 Å². The molecule has 0 radical (unpaired) electrons. The molecule has 0 amide bonds. The zero-order valence-electron chi connectivity index (χ0n) is 20.9. The Hall–Kier alpha value is -2.25. The number of aliphatic hydroxyl groups is 2. The van der Waals surface area contributed by atoms with E-state index in [1.54, 1.807) is 0 Å². The summed E-state index contributed by atoms with van der Waals surface area (Å²) in [6, 6.07) is 6.22. The van der Waals surface area contributed by atoms with Crippen LogP contribution in [0.5, 0.6) is 0 Å². The molecule has 2 fully saturated rings. The molecule has 7 atom stereocenters. The number of hydrogen-bond donors (Lipinski definition) is 2. The van der Waals surface area contributed by atoms with Crippen molar-refractivity contribution < 1.29 is 19.4 Å². The van der Waals surface area contributed by atoms with Crippen molar-refractivity contribution in [3.63, 3.8) is 0 Å². The van der Waals surface area contributed by atoms with Gasteiger partial charge in [-0.05, 0) is 87.5 Å². The van der Waals surface area contributed by atoms with Gasteiger partial charge in [-0.15, -0.1) is 0 Å². The largest absolute Gasteiger partial charge is 0.443 e. The second kappa shape index (κ2) is 6.94.